The molecule has 0 saturated heterocycles. The number of rotatable bonds is 2. The number of carbonyl (C=O) groups is 1. The fourth-order valence-corrected chi connectivity index (χ4v) is 3.67. The Morgan fingerprint density at radius 3 is 2.52 bits per heavy atom. The summed E-state index contributed by atoms with van der Waals surface area (Å²) in [5.41, 5.74) is 7.41. The second-order valence-electron chi connectivity index (χ2n) is 4.66. The highest BCUT2D eigenvalue weighted by Gasteiger charge is 2.21. The molecular formula is C16H13ClN2OS. The van der Waals surface area contributed by atoms with Crippen molar-refractivity contribution >= 4 is 50.3 Å². The highest BCUT2D eigenvalue weighted by Crippen LogP contribution is 2.38. The van der Waals surface area contributed by atoms with E-state index in [1.165, 1.54) is 11.3 Å². The maximum absolute atomic E-state index is 12.7. The van der Waals surface area contributed by atoms with Crippen LogP contribution in [0, 0.1) is 0 Å². The Kier molecular flexibility index (Phi) is 3.57. The lowest BCUT2D eigenvalue weighted by Crippen LogP contribution is -2.25. The van der Waals surface area contributed by atoms with Gasteiger partial charge < -0.3 is 10.6 Å². The molecule has 0 aliphatic carbocycles. The first-order valence-electron chi connectivity index (χ1n) is 6.39. The summed E-state index contributed by atoms with van der Waals surface area (Å²) >= 11 is 7.55. The van der Waals surface area contributed by atoms with Crippen molar-refractivity contribution in [3.05, 3.63) is 58.4 Å². The van der Waals surface area contributed by atoms with Gasteiger partial charge in [0.2, 0.25) is 0 Å². The molecule has 3 nitrogen and oxygen atoms in total. The van der Waals surface area contributed by atoms with Crippen molar-refractivity contribution in [1.29, 1.82) is 0 Å². The summed E-state index contributed by atoms with van der Waals surface area (Å²) < 4.78 is 0.921. The van der Waals surface area contributed by atoms with Crippen molar-refractivity contribution in [3.63, 3.8) is 0 Å². The molecule has 0 fully saturated rings. The molecule has 0 atom stereocenters. The quantitative estimate of drug-likeness (QED) is 0.761. The van der Waals surface area contributed by atoms with Crippen LogP contribution in [-0.4, -0.2) is 13.0 Å². The fourth-order valence-electron chi connectivity index (χ4n) is 2.21. The Bertz CT molecular complexity index is 814. The molecule has 0 bridgehead atoms. The number of carbonyl (C=O) groups excluding carboxylic acids is 1. The number of nitrogens with two attached hydrogens (primary N) is 1. The number of hydrogen-bond donors (Lipinski definition) is 1. The zero-order valence-corrected chi connectivity index (χ0v) is 12.9. The summed E-state index contributed by atoms with van der Waals surface area (Å²) in [6, 6.07) is 15.0. The molecule has 0 aliphatic rings. The van der Waals surface area contributed by atoms with Crippen LogP contribution >= 0.6 is 22.9 Å². The van der Waals surface area contributed by atoms with Gasteiger partial charge in [0.1, 0.15) is 4.88 Å². The number of benzene rings is 2. The van der Waals surface area contributed by atoms with Crippen LogP contribution in [0.3, 0.4) is 0 Å². The maximum atomic E-state index is 12.7. The average Bonchev–Trinajstić information content (AvgIpc) is 2.85. The predicted octanol–water partition coefficient (Wildman–Crippen LogP) is 4.41. The molecule has 106 valence electrons. The molecule has 0 unspecified atom stereocenters. The monoisotopic (exact) mass is 316 g/mol. The molecule has 5 heteroatoms. The molecule has 1 aromatic heterocycles. The molecule has 1 heterocycles. The van der Waals surface area contributed by atoms with Crippen LogP contribution in [-0.2, 0) is 0 Å². The summed E-state index contributed by atoms with van der Waals surface area (Å²) in [5.74, 6) is -0.129. The second-order valence-corrected chi connectivity index (χ2v) is 6.12. The van der Waals surface area contributed by atoms with Gasteiger partial charge >= 0.3 is 0 Å². The smallest absolute Gasteiger partial charge is 0.270 e. The Balaban J connectivity index is 2.06. The highest BCUT2D eigenvalue weighted by atomic mass is 35.5. The van der Waals surface area contributed by atoms with Crippen LogP contribution in [0.25, 0.3) is 10.1 Å². The Hall–Kier alpha value is -2.04. The van der Waals surface area contributed by atoms with Crippen molar-refractivity contribution in [2.75, 3.05) is 17.7 Å². The summed E-state index contributed by atoms with van der Waals surface area (Å²) in [5, 5.41) is 1.33. The van der Waals surface area contributed by atoms with Crippen molar-refractivity contribution in [2.45, 2.75) is 0 Å². The third kappa shape index (κ3) is 2.37. The van der Waals surface area contributed by atoms with E-state index in [-0.39, 0.29) is 5.91 Å². The van der Waals surface area contributed by atoms with Crippen molar-refractivity contribution in [2.24, 2.45) is 0 Å². The molecule has 3 rings (SSSR count). The van der Waals surface area contributed by atoms with Gasteiger partial charge in [-0.1, -0.05) is 35.9 Å². The molecule has 2 N–H and O–H groups in total. The Labute approximate surface area is 131 Å². The van der Waals surface area contributed by atoms with Gasteiger partial charge in [-0.3, -0.25) is 4.79 Å². The minimum atomic E-state index is -0.129. The molecule has 3 aromatic rings. The maximum Gasteiger partial charge on any atom is 0.270 e. The number of nitrogens with zero attached hydrogens (tertiary/aromatic N) is 1. The normalized spacial score (nSPS) is 10.8. The third-order valence-electron chi connectivity index (χ3n) is 3.34. The van der Waals surface area contributed by atoms with Gasteiger partial charge in [0.05, 0.1) is 10.7 Å². The minimum absolute atomic E-state index is 0.129. The largest absolute Gasteiger partial charge is 0.397 e. The van der Waals surface area contributed by atoms with Gasteiger partial charge in [0.15, 0.2) is 0 Å². The van der Waals surface area contributed by atoms with E-state index in [4.69, 9.17) is 17.3 Å². The van der Waals surface area contributed by atoms with Gasteiger partial charge in [0, 0.05) is 22.8 Å². The number of halogens is 1. The van der Waals surface area contributed by atoms with E-state index >= 15 is 0 Å². The molecule has 0 saturated carbocycles. The highest BCUT2D eigenvalue weighted by molar-refractivity contribution is 7.21. The second kappa shape index (κ2) is 5.39. The Morgan fingerprint density at radius 2 is 1.86 bits per heavy atom. The first kappa shape index (κ1) is 13.9. The van der Waals surface area contributed by atoms with Crippen LogP contribution in [0.4, 0.5) is 11.4 Å². The molecule has 21 heavy (non-hydrogen) atoms. The van der Waals surface area contributed by atoms with E-state index in [1.807, 2.05) is 42.5 Å². The molecule has 0 radical (unpaired) electrons. The molecular weight excluding hydrogens is 304 g/mol. The summed E-state index contributed by atoms with van der Waals surface area (Å²) in [6.45, 7) is 0. The number of thiophene rings is 1. The number of hydrogen-bond acceptors (Lipinski definition) is 3. The van der Waals surface area contributed by atoms with Gasteiger partial charge in [0.25, 0.3) is 5.91 Å². The van der Waals surface area contributed by atoms with Crippen LogP contribution < -0.4 is 10.6 Å². The molecule has 0 spiro atoms. The van der Waals surface area contributed by atoms with Crippen LogP contribution in [0.2, 0.25) is 5.02 Å². The van der Waals surface area contributed by atoms with E-state index in [9.17, 15) is 4.79 Å². The van der Waals surface area contributed by atoms with E-state index < -0.39 is 0 Å². The van der Waals surface area contributed by atoms with Gasteiger partial charge in [-0.2, -0.15) is 0 Å². The van der Waals surface area contributed by atoms with Gasteiger partial charge in [-0.25, -0.2) is 0 Å². The first-order chi connectivity index (χ1) is 10.1. The fraction of sp³-hybridized carbons (Fsp3) is 0.0625. The van der Waals surface area contributed by atoms with Gasteiger partial charge in [-0.15, -0.1) is 11.3 Å². The number of amides is 1. The Morgan fingerprint density at radius 1 is 1.14 bits per heavy atom. The number of para-hydroxylation sites is 1. The third-order valence-corrected chi connectivity index (χ3v) is 4.82. The van der Waals surface area contributed by atoms with Crippen LogP contribution in [0.15, 0.2) is 48.5 Å². The number of nitrogen functional groups attached to an aromatic ring is 1. The van der Waals surface area contributed by atoms with Gasteiger partial charge in [-0.05, 0) is 24.3 Å². The number of fused-ring (bicyclic) bond motifs is 1. The summed E-state index contributed by atoms with van der Waals surface area (Å²) in [7, 11) is 1.74. The zero-order valence-electron chi connectivity index (χ0n) is 11.3. The lowest BCUT2D eigenvalue weighted by Gasteiger charge is -2.16. The zero-order chi connectivity index (χ0) is 15.0. The van der Waals surface area contributed by atoms with Crippen molar-refractivity contribution in [1.82, 2.24) is 0 Å². The summed E-state index contributed by atoms with van der Waals surface area (Å²) in [4.78, 5) is 14.8. The van der Waals surface area contributed by atoms with E-state index in [2.05, 4.69) is 0 Å². The summed E-state index contributed by atoms with van der Waals surface area (Å²) in [6.07, 6.45) is 0. The molecule has 2 aromatic carbocycles. The first-order valence-corrected chi connectivity index (χ1v) is 7.58. The number of anilines is 2. The van der Waals surface area contributed by atoms with Crippen molar-refractivity contribution in [3.8, 4) is 0 Å². The predicted molar refractivity (Wildman–Crippen MR) is 90.4 cm³/mol. The van der Waals surface area contributed by atoms with Crippen LogP contribution in [0.1, 0.15) is 9.67 Å². The molecule has 0 aliphatic heterocycles. The van der Waals surface area contributed by atoms with E-state index in [0.29, 0.717) is 15.6 Å². The van der Waals surface area contributed by atoms with E-state index in [1.54, 1.807) is 18.0 Å². The lowest BCUT2D eigenvalue weighted by molar-refractivity contribution is 0.0997. The standard InChI is InChI=1S/C16H13ClN2OS/c1-19(10-6-3-2-4-7-10)16(20)15-14(18)13-11(17)8-5-9-12(13)21-15/h2-9H,18H2,1H3. The van der Waals surface area contributed by atoms with Crippen molar-refractivity contribution < 1.29 is 4.79 Å². The molecule has 1 amide bonds. The van der Waals surface area contributed by atoms with Crippen LogP contribution in [0.5, 0.6) is 0 Å². The SMILES string of the molecule is CN(C(=O)c1sc2cccc(Cl)c2c1N)c1ccccc1. The topological polar surface area (TPSA) is 46.3 Å². The lowest BCUT2D eigenvalue weighted by atomic mass is 10.2. The minimum Gasteiger partial charge on any atom is -0.397 e. The van der Waals surface area contributed by atoms with E-state index in [0.717, 1.165) is 15.8 Å². The average molecular weight is 317 g/mol.